The van der Waals surface area contributed by atoms with Crippen LogP contribution in [0.15, 0.2) is 199 Å². The molecule has 0 amide bonds. The number of allylic oxidation sites excluding steroid dienone is 2. The summed E-state index contributed by atoms with van der Waals surface area (Å²) in [6, 6.07) is 63.3. The van der Waals surface area contributed by atoms with Crippen LogP contribution in [-0.2, 0) is 0 Å². The van der Waals surface area contributed by atoms with E-state index in [4.69, 9.17) is 9.15 Å². The maximum absolute atomic E-state index is 7.06. The highest BCUT2D eigenvalue weighted by Crippen LogP contribution is 2.51. The zero-order valence-corrected chi connectivity index (χ0v) is 31.3. The average Bonchev–Trinajstić information content (AvgIpc) is 4.04. The summed E-state index contributed by atoms with van der Waals surface area (Å²) in [5, 5.41) is 7.16. The molecule has 0 N–H and O–H groups in total. The molecule has 2 aliphatic rings. The molecule has 4 nitrogen and oxygen atoms in total. The Hall–Kier alpha value is -7.56. The highest BCUT2D eigenvalue weighted by molar-refractivity contribution is 6.13. The van der Waals surface area contributed by atoms with Gasteiger partial charge in [0.05, 0.1) is 22.1 Å². The van der Waals surface area contributed by atoms with Crippen LogP contribution in [0.2, 0.25) is 0 Å². The minimum Gasteiger partial charge on any atom is -0.480 e. The Bertz CT molecular complexity index is 3470. The van der Waals surface area contributed by atoms with Gasteiger partial charge in [0.1, 0.15) is 11.7 Å². The second kappa shape index (κ2) is 12.0. The summed E-state index contributed by atoms with van der Waals surface area (Å²) in [4.78, 5) is 0. The number of fused-ring (bicyclic) bond motifs is 13. The Kier molecular flexibility index (Phi) is 6.53. The predicted molar refractivity (Wildman–Crippen MR) is 239 cm³/mol. The van der Waals surface area contributed by atoms with Crippen molar-refractivity contribution in [3.05, 3.63) is 205 Å². The number of hydrogen-bond donors (Lipinski definition) is 0. The topological polar surface area (TPSA) is 32.2 Å². The lowest BCUT2D eigenvalue weighted by Gasteiger charge is -2.23. The summed E-state index contributed by atoms with van der Waals surface area (Å²) in [6.07, 6.45) is 6.51. The second-order valence-electron chi connectivity index (χ2n) is 15.6. The largest absolute Gasteiger partial charge is 0.480 e. The second-order valence-corrected chi connectivity index (χ2v) is 15.6. The number of rotatable bonds is 4. The van der Waals surface area contributed by atoms with Gasteiger partial charge in [-0.2, -0.15) is 0 Å². The van der Waals surface area contributed by atoms with E-state index in [0.717, 1.165) is 66.9 Å². The van der Waals surface area contributed by atoms with Crippen molar-refractivity contribution in [1.82, 2.24) is 9.13 Å². The monoisotopic (exact) mass is 742 g/mol. The number of aromatic nitrogens is 2. The molecule has 0 saturated heterocycles. The third kappa shape index (κ3) is 4.40. The van der Waals surface area contributed by atoms with E-state index in [-0.39, 0.29) is 12.0 Å². The van der Waals surface area contributed by atoms with Gasteiger partial charge in [-0.1, -0.05) is 140 Å². The lowest BCUT2D eigenvalue weighted by atomic mass is 9.84. The molecule has 1 aliphatic heterocycles. The first-order valence-electron chi connectivity index (χ1n) is 20.0. The van der Waals surface area contributed by atoms with E-state index in [1.165, 1.54) is 43.6 Å². The minimum atomic E-state index is -0.172. The summed E-state index contributed by atoms with van der Waals surface area (Å²) in [5.41, 5.74) is 14.3. The first-order chi connectivity index (χ1) is 28.8. The van der Waals surface area contributed by atoms with Gasteiger partial charge in [0.25, 0.3) is 0 Å². The van der Waals surface area contributed by atoms with Crippen molar-refractivity contribution in [2.24, 2.45) is 0 Å². The molecule has 58 heavy (non-hydrogen) atoms. The first-order valence-corrected chi connectivity index (χ1v) is 20.0. The molecule has 11 aromatic rings. The van der Waals surface area contributed by atoms with Crippen LogP contribution in [0.25, 0.3) is 93.6 Å². The zero-order chi connectivity index (χ0) is 37.9. The van der Waals surface area contributed by atoms with E-state index in [1.54, 1.807) is 0 Å². The van der Waals surface area contributed by atoms with Crippen LogP contribution in [-0.4, -0.2) is 15.2 Å². The number of nitrogens with zero attached hydrogens (tertiary/aromatic N) is 2. The molecule has 8 aromatic carbocycles. The molecule has 3 aromatic heterocycles. The highest BCUT2D eigenvalue weighted by Gasteiger charge is 2.39. The van der Waals surface area contributed by atoms with Crippen molar-refractivity contribution < 1.29 is 9.15 Å². The molecule has 0 spiro atoms. The maximum atomic E-state index is 7.06. The Morgan fingerprint density at radius 3 is 1.57 bits per heavy atom. The SMILES string of the molecule is C1=CC2c3ccc4c(oc5c(-c6cccc(-n7c8ccccc8c8ccccc87)c6)cccc54)c3OC2C(c2cccc(-n3c4ccccc4c4ccccc43)c2)=C1. The normalized spacial score (nSPS) is 16.1. The van der Waals surface area contributed by atoms with Crippen molar-refractivity contribution in [3.63, 3.8) is 0 Å². The number of para-hydroxylation sites is 5. The summed E-state index contributed by atoms with van der Waals surface area (Å²) in [5.74, 6) is 0.913. The molecule has 4 heteroatoms. The third-order valence-electron chi connectivity index (χ3n) is 12.5. The van der Waals surface area contributed by atoms with Crippen molar-refractivity contribution in [2.75, 3.05) is 0 Å². The number of ether oxygens (including phenoxy) is 1. The van der Waals surface area contributed by atoms with Gasteiger partial charge in [-0.3, -0.25) is 0 Å². The smallest absolute Gasteiger partial charge is 0.177 e. The summed E-state index contributed by atoms with van der Waals surface area (Å²) in [6.45, 7) is 0. The molecule has 13 rings (SSSR count). The van der Waals surface area contributed by atoms with Gasteiger partial charge in [-0.15, -0.1) is 0 Å². The van der Waals surface area contributed by atoms with E-state index in [9.17, 15) is 0 Å². The van der Waals surface area contributed by atoms with Crippen LogP contribution in [0.1, 0.15) is 17.0 Å². The quantitative estimate of drug-likeness (QED) is 0.180. The van der Waals surface area contributed by atoms with Gasteiger partial charge in [0.2, 0.25) is 0 Å². The standard InChI is InChI=1S/C54H34N2O2/c1-5-25-47-39(17-1)40-18-2-6-26-48(40)55(47)35-15-9-13-33(31-35)37-21-11-23-43-45-29-30-46-44-24-12-22-38(52(44)58-54(46)53(45)57-51(37)43)34-14-10-16-36(32-34)56-49-27-7-3-19-41(49)42-20-4-8-28-50(42)56/h1-32,43,51H. The summed E-state index contributed by atoms with van der Waals surface area (Å²) in [7, 11) is 0. The maximum Gasteiger partial charge on any atom is 0.177 e. The van der Waals surface area contributed by atoms with E-state index in [1.807, 2.05) is 0 Å². The molecule has 2 atom stereocenters. The fourth-order valence-electron chi connectivity index (χ4n) is 9.96. The Morgan fingerprint density at radius 2 is 0.948 bits per heavy atom. The van der Waals surface area contributed by atoms with Crippen LogP contribution in [0, 0.1) is 0 Å². The summed E-state index contributed by atoms with van der Waals surface area (Å²) >= 11 is 0. The number of benzene rings is 8. The minimum absolute atomic E-state index is 0.0758. The molecular weight excluding hydrogens is 709 g/mol. The number of furan rings is 1. The van der Waals surface area contributed by atoms with Crippen molar-refractivity contribution in [3.8, 4) is 28.3 Å². The van der Waals surface area contributed by atoms with Crippen LogP contribution in [0.5, 0.6) is 5.75 Å². The van der Waals surface area contributed by atoms with E-state index in [2.05, 4.69) is 203 Å². The van der Waals surface area contributed by atoms with E-state index in [0.29, 0.717) is 0 Å². The summed E-state index contributed by atoms with van der Waals surface area (Å²) < 4.78 is 18.8. The average molecular weight is 743 g/mol. The van der Waals surface area contributed by atoms with Gasteiger partial charge in [0, 0.05) is 66.3 Å². The Morgan fingerprint density at radius 1 is 0.431 bits per heavy atom. The van der Waals surface area contributed by atoms with Gasteiger partial charge in [-0.25, -0.2) is 0 Å². The molecule has 0 saturated carbocycles. The Labute approximate surface area is 333 Å². The molecule has 0 bridgehead atoms. The molecule has 2 unspecified atom stereocenters. The third-order valence-corrected chi connectivity index (χ3v) is 12.5. The van der Waals surface area contributed by atoms with Gasteiger partial charge >= 0.3 is 0 Å². The molecule has 0 radical (unpaired) electrons. The van der Waals surface area contributed by atoms with Crippen LogP contribution in [0.3, 0.4) is 0 Å². The molecular formula is C54H34N2O2. The fourth-order valence-corrected chi connectivity index (χ4v) is 9.96. The van der Waals surface area contributed by atoms with Crippen LogP contribution in [0.4, 0.5) is 0 Å². The lowest BCUT2D eigenvalue weighted by molar-refractivity contribution is 0.278. The van der Waals surface area contributed by atoms with Crippen LogP contribution < -0.4 is 4.74 Å². The van der Waals surface area contributed by atoms with E-state index >= 15 is 0 Å². The molecule has 4 heterocycles. The molecule has 272 valence electrons. The fraction of sp³-hybridized carbons (Fsp3) is 0.0370. The number of hydrogen-bond acceptors (Lipinski definition) is 2. The van der Waals surface area contributed by atoms with Gasteiger partial charge < -0.3 is 18.3 Å². The highest BCUT2D eigenvalue weighted by atomic mass is 16.5. The first kappa shape index (κ1) is 31.6. The van der Waals surface area contributed by atoms with Gasteiger partial charge in [0.15, 0.2) is 11.3 Å². The molecule has 1 aliphatic carbocycles. The van der Waals surface area contributed by atoms with E-state index < -0.39 is 0 Å². The van der Waals surface area contributed by atoms with Crippen molar-refractivity contribution in [1.29, 1.82) is 0 Å². The predicted octanol–water partition coefficient (Wildman–Crippen LogP) is 13.9. The van der Waals surface area contributed by atoms with Crippen LogP contribution >= 0.6 is 0 Å². The van der Waals surface area contributed by atoms with Crippen molar-refractivity contribution >= 4 is 71.1 Å². The lowest BCUT2D eigenvalue weighted by Crippen LogP contribution is -2.21. The van der Waals surface area contributed by atoms with Gasteiger partial charge in [-0.05, 0) is 65.7 Å². The van der Waals surface area contributed by atoms with Crippen molar-refractivity contribution in [2.45, 2.75) is 12.0 Å². The zero-order valence-electron chi connectivity index (χ0n) is 31.3. The molecule has 0 fully saturated rings. The Balaban J connectivity index is 0.902.